The summed E-state index contributed by atoms with van der Waals surface area (Å²) in [5.41, 5.74) is -0.184. The Balaban J connectivity index is 1.52. The van der Waals surface area contributed by atoms with Gasteiger partial charge in [-0.25, -0.2) is 0 Å². The number of likely N-dealkylation sites (tertiary alicyclic amines) is 1. The molecular formula is C22H32N2O2. The molecule has 1 amide bonds. The molecule has 26 heavy (non-hydrogen) atoms. The normalized spacial score (nSPS) is 30.9. The van der Waals surface area contributed by atoms with Crippen molar-refractivity contribution in [3.63, 3.8) is 0 Å². The summed E-state index contributed by atoms with van der Waals surface area (Å²) in [5, 5.41) is 11.7. The number of carbonyl (C=O) groups is 1. The minimum Gasteiger partial charge on any atom is -0.379 e. The fourth-order valence-corrected chi connectivity index (χ4v) is 5.58. The number of piperidine rings is 1. The van der Waals surface area contributed by atoms with Gasteiger partial charge in [0.1, 0.15) is 5.60 Å². The second-order valence-electron chi connectivity index (χ2n) is 8.91. The number of aliphatic hydroxyl groups is 1. The highest BCUT2D eigenvalue weighted by atomic mass is 16.3. The Morgan fingerprint density at radius 3 is 2.31 bits per heavy atom. The Hall–Kier alpha value is -1.39. The highest BCUT2D eigenvalue weighted by molar-refractivity contribution is 5.86. The number of hydrogen-bond donors (Lipinski definition) is 1. The van der Waals surface area contributed by atoms with Crippen LogP contribution in [0, 0.1) is 17.8 Å². The van der Waals surface area contributed by atoms with Gasteiger partial charge < -0.3 is 14.9 Å². The Morgan fingerprint density at radius 2 is 1.73 bits per heavy atom. The van der Waals surface area contributed by atoms with E-state index in [0.717, 1.165) is 44.3 Å². The van der Waals surface area contributed by atoms with E-state index in [1.54, 1.807) is 0 Å². The van der Waals surface area contributed by atoms with Crippen LogP contribution in [-0.4, -0.2) is 59.6 Å². The van der Waals surface area contributed by atoms with Gasteiger partial charge in [-0.1, -0.05) is 49.6 Å². The zero-order valence-electron chi connectivity index (χ0n) is 16.1. The van der Waals surface area contributed by atoms with Crippen molar-refractivity contribution in [1.29, 1.82) is 0 Å². The highest BCUT2D eigenvalue weighted by Gasteiger charge is 2.59. The monoisotopic (exact) mass is 356 g/mol. The quantitative estimate of drug-likeness (QED) is 0.882. The molecule has 4 nitrogen and oxygen atoms in total. The van der Waals surface area contributed by atoms with E-state index in [9.17, 15) is 9.90 Å². The van der Waals surface area contributed by atoms with Crippen LogP contribution in [0.3, 0.4) is 0 Å². The SMILES string of the molecule is CN(C)C1C2CN(C(=O)C(O)(Cc3ccccc3)C3CCCCC3)CC21. The maximum atomic E-state index is 13.5. The summed E-state index contributed by atoms with van der Waals surface area (Å²) in [7, 11) is 4.26. The molecule has 142 valence electrons. The number of benzene rings is 1. The van der Waals surface area contributed by atoms with Gasteiger partial charge in [0.25, 0.3) is 5.91 Å². The number of hydrogen-bond acceptors (Lipinski definition) is 3. The molecule has 1 heterocycles. The van der Waals surface area contributed by atoms with Crippen molar-refractivity contribution in [3.05, 3.63) is 35.9 Å². The van der Waals surface area contributed by atoms with E-state index in [2.05, 4.69) is 19.0 Å². The van der Waals surface area contributed by atoms with Crippen LogP contribution < -0.4 is 0 Å². The van der Waals surface area contributed by atoms with Gasteiger partial charge >= 0.3 is 0 Å². The van der Waals surface area contributed by atoms with Gasteiger partial charge in [-0.15, -0.1) is 0 Å². The minimum absolute atomic E-state index is 0.0158. The van der Waals surface area contributed by atoms with E-state index in [1.165, 1.54) is 6.42 Å². The molecule has 1 N–H and O–H groups in total. The van der Waals surface area contributed by atoms with Crippen molar-refractivity contribution < 1.29 is 9.90 Å². The average molecular weight is 357 g/mol. The second kappa shape index (κ2) is 6.97. The highest BCUT2D eigenvalue weighted by Crippen LogP contribution is 2.49. The van der Waals surface area contributed by atoms with Crippen LogP contribution in [0.2, 0.25) is 0 Å². The third kappa shape index (κ3) is 3.18. The number of amides is 1. The summed E-state index contributed by atoms with van der Waals surface area (Å²) >= 11 is 0. The number of fused-ring (bicyclic) bond motifs is 1. The first-order chi connectivity index (χ1) is 12.5. The standard InChI is InChI=1S/C22H32N2O2/c1-23(2)20-18-14-24(15-19(18)20)21(25)22(26,17-11-7-4-8-12-17)13-16-9-5-3-6-10-16/h3,5-6,9-10,17-20,26H,4,7-8,11-15H2,1-2H3. The van der Waals surface area contributed by atoms with E-state index in [-0.39, 0.29) is 11.8 Å². The Kier molecular flexibility index (Phi) is 4.83. The van der Waals surface area contributed by atoms with Crippen molar-refractivity contribution in [2.24, 2.45) is 17.8 Å². The van der Waals surface area contributed by atoms with Crippen molar-refractivity contribution in [2.75, 3.05) is 27.2 Å². The largest absolute Gasteiger partial charge is 0.379 e. The van der Waals surface area contributed by atoms with Crippen LogP contribution in [-0.2, 0) is 11.2 Å². The molecule has 0 aromatic heterocycles. The molecule has 4 rings (SSSR count). The van der Waals surface area contributed by atoms with E-state index in [1.807, 2.05) is 35.2 Å². The van der Waals surface area contributed by atoms with Crippen LogP contribution in [0.5, 0.6) is 0 Å². The maximum absolute atomic E-state index is 13.5. The molecule has 0 radical (unpaired) electrons. The topological polar surface area (TPSA) is 43.8 Å². The first-order valence-corrected chi connectivity index (χ1v) is 10.2. The van der Waals surface area contributed by atoms with Gasteiger partial charge in [0.2, 0.25) is 0 Å². The van der Waals surface area contributed by atoms with Gasteiger partial charge in [-0.2, -0.15) is 0 Å². The first-order valence-electron chi connectivity index (χ1n) is 10.2. The lowest BCUT2D eigenvalue weighted by molar-refractivity contribution is -0.159. The summed E-state index contributed by atoms with van der Waals surface area (Å²) in [5.74, 6) is 1.27. The molecule has 1 aliphatic heterocycles. The predicted octanol–water partition coefficient (Wildman–Crippen LogP) is 2.56. The van der Waals surface area contributed by atoms with E-state index in [4.69, 9.17) is 0 Å². The summed E-state index contributed by atoms with van der Waals surface area (Å²) < 4.78 is 0. The zero-order valence-corrected chi connectivity index (χ0v) is 16.1. The maximum Gasteiger partial charge on any atom is 0.255 e. The lowest BCUT2D eigenvalue weighted by Gasteiger charge is -2.40. The molecule has 0 spiro atoms. The van der Waals surface area contributed by atoms with Gasteiger partial charge in [0.05, 0.1) is 0 Å². The zero-order chi connectivity index (χ0) is 18.3. The second-order valence-corrected chi connectivity index (χ2v) is 8.91. The van der Waals surface area contributed by atoms with Crippen LogP contribution in [0.1, 0.15) is 37.7 Å². The fraction of sp³-hybridized carbons (Fsp3) is 0.682. The molecule has 0 bridgehead atoms. The number of carbonyl (C=O) groups excluding carboxylic acids is 1. The third-order valence-electron chi connectivity index (χ3n) is 7.00. The fourth-order valence-electron chi connectivity index (χ4n) is 5.58. The molecule has 3 fully saturated rings. The van der Waals surface area contributed by atoms with Crippen LogP contribution in [0.15, 0.2) is 30.3 Å². The summed E-state index contributed by atoms with van der Waals surface area (Å²) in [6, 6.07) is 10.7. The first kappa shape index (κ1) is 18.0. The minimum atomic E-state index is -1.24. The summed E-state index contributed by atoms with van der Waals surface area (Å²) in [6.07, 6.45) is 5.86. The number of nitrogens with zero attached hydrogens (tertiary/aromatic N) is 2. The molecular weight excluding hydrogens is 324 g/mol. The third-order valence-corrected chi connectivity index (χ3v) is 7.00. The molecule has 1 aromatic carbocycles. The Labute approximate surface area is 157 Å². The molecule has 3 unspecified atom stereocenters. The molecule has 1 aromatic rings. The van der Waals surface area contributed by atoms with Crippen LogP contribution in [0.25, 0.3) is 0 Å². The molecule has 4 heteroatoms. The predicted molar refractivity (Wildman–Crippen MR) is 103 cm³/mol. The lowest BCUT2D eigenvalue weighted by atomic mass is 9.73. The molecule has 2 saturated carbocycles. The molecule has 2 aliphatic carbocycles. The van der Waals surface area contributed by atoms with Gasteiger partial charge in [-0.3, -0.25) is 4.79 Å². The van der Waals surface area contributed by atoms with E-state index >= 15 is 0 Å². The summed E-state index contributed by atoms with van der Waals surface area (Å²) in [4.78, 5) is 17.7. The average Bonchev–Trinajstić information content (AvgIpc) is 3.18. The smallest absolute Gasteiger partial charge is 0.255 e. The van der Waals surface area contributed by atoms with Crippen molar-refractivity contribution >= 4 is 5.91 Å². The lowest BCUT2D eigenvalue weighted by Crippen LogP contribution is -2.55. The van der Waals surface area contributed by atoms with Crippen molar-refractivity contribution in [2.45, 2.75) is 50.2 Å². The van der Waals surface area contributed by atoms with Crippen LogP contribution in [0.4, 0.5) is 0 Å². The van der Waals surface area contributed by atoms with Gasteiger partial charge in [-0.05, 0) is 50.3 Å². The Bertz CT molecular complexity index is 629. The van der Waals surface area contributed by atoms with E-state index in [0.29, 0.717) is 24.3 Å². The molecule has 3 atom stereocenters. The Morgan fingerprint density at radius 1 is 1.12 bits per heavy atom. The van der Waals surface area contributed by atoms with Crippen molar-refractivity contribution in [3.8, 4) is 0 Å². The number of rotatable bonds is 5. The summed E-state index contributed by atoms with van der Waals surface area (Å²) in [6.45, 7) is 1.63. The van der Waals surface area contributed by atoms with Crippen LogP contribution >= 0.6 is 0 Å². The van der Waals surface area contributed by atoms with Crippen molar-refractivity contribution in [1.82, 2.24) is 9.80 Å². The molecule has 1 saturated heterocycles. The van der Waals surface area contributed by atoms with Gasteiger partial charge in [0, 0.05) is 25.6 Å². The van der Waals surface area contributed by atoms with E-state index < -0.39 is 5.60 Å². The van der Waals surface area contributed by atoms with Gasteiger partial charge in [0.15, 0.2) is 0 Å². The molecule has 3 aliphatic rings.